The summed E-state index contributed by atoms with van der Waals surface area (Å²) in [5.74, 6) is -0.744. The van der Waals surface area contributed by atoms with Crippen molar-refractivity contribution in [3.05, 3.63) is 71.5 Å². The maximum absolute atomic E-state index is 12.3. The van der Waals surface area contributed by atoms with E-state index in [9.17, 15) is 9.59 Å². The molecule has 0 aliphatic carbocycles. The molecule has 3 N–H and O–H groups in total. The third-order valence-corrected chi connectivity index (χ3v) is 3.39. The lowest BCUT2D eigenvalue weighted by Gasteiger charge is -2.07. The Morgan fingerprint density at radius 2 is 1.88 bits per heavy atom. The fraction of sp³-hybridized carbons (Fsp3) is 0.0625. The molecule has 2 aromatic carbocycles. The van der Waals surface area contributed by atoms with Gasteiger partial charge in [-0.15, -0.1) is 5.10 Å². The lowest BCUT2D eigenvalue weighted by Crippen LogP contribution is -2.23. The summed E-state index contributed by atoms with van der Waals surface area (Å²) in [6.45, 7) is 0.287. The molecule has 120 valence electrons. The first-order valence-electron chi connectivity index (χ1n) is 7.14. The minimum absolute atomic E-state index is 0.241. The maximum atomic E-state index is 12.3. The Balaban J connectivity index is 1.70. The Hall–Kier alpha value is -3.55. The van der Waals surface area contributed by atoms with Crippen LogP contribution in [0, 0.1) is 0 Å². The number of hydrogen-bond acceptors (Lipinski definition) is 5. The van der Waals surface area contributed by atoms with Crippen molar-refractivity contribution in [2.45, 2.75) is 6.54 Å². The molecule has 0 bridgehead atoms. The van der Waals surface area contributed by atoms with E-state index in [2.05, 4.69) is 20.8 Å². The van der Waals surface area contributed by atoms with E-state index in [-0.39, 0.29) is 12.5 Å². The second-order valence-corrected chi connectivity index (χ2v) is 5.05. The molecule has 0 saturated heterocycles. The topological polar surface area (TPSA) is 116 Å². The first kappa shape index (κ1) is 15.3. The van der Waals surface area contributed by atoms with Gasteiger partial charge < -0.3 is 11.1 Å². The number of carbonyl (C=O) groups is 2. The van der Waals surface area contributed by atoms with Crippen LogP contribution in [0.15, 0.2) is 54.9 Å². The Bertz CT molecular complexity index is 876. The Morgan fingerprint density at radius 3 is 2.62 bits per heavy atom. The molecule has 0 radical (unpaired) electrons. The highest BCUT2D eigenvalue weighted by Crippen LogP contribution is 2.09. The lowest BCUT2D eigenvalue weighted by atomic mass is 10.1. The molecule has 2 amide bonds. The molecule has 0 fully saturated rings. The quantitative estimate of drug-likeness (QED) is 0.717. The third-order valence-electron chi connectivity index (χ3n) is 3.39. The second-order valence-electron chi connectivity index (χ2n) is 5.05. The van der Waals surface area contributed by atoms with Crippen LogP contribution in [0.5, 0.6) is 0 Å². The van der Waals surface area contributed by atoms with Crippen LogP contribution in [0.3, 0.4) is 0 Å². The SMILES string of the molecule is NC(=O)c1cccc(CNC(=O)c2cccc(-n3cnnn3)c2)c1. The zero-order chi connectivity index (χ0) is 16.9. The number of nitrogens with zero attached hydrogens (tertiary/aromatic N) is 4. The Labute approximate surface area is 137 Å². The summed E-state index contributed by atoms with van der Waals surface area (Å²) < 4.78 is 1.47. The van der Waals surface area contributed by atoms with Crippen LogP contribution in [-0.2, 0) is 6.54 Å². The fourth-order valence-electron chi connectivity index (χ4n) is 2.19. The summed E-state index contributed by atoms with van der Waals surface area (Å²) in [6, 6.07) is 13.7. The van der Waals surface area contributed by atoms with E-state index in [0.29, 0.717) is 16.8 Å². The second kappa shape index (κ2) is 6.69. The molecule has 1 aromatic heterocycles. The number of rotatable bonds is 5. The van der Waals surface area contributed by atoms with Crippen molar-refractivity contribution in [1.82, 2.24) is 25.5 Å². The van der Waals surface area contributed by atoms with Gasteiger partial charge in [0.1, 0.15) is 6.33 Å². The largest absolute Gasteiger partial charge is 0.366 e. The number of benzene rings is 2. The fourth-order valence-corrected chi connectivity index (χ4v) is 2.19. The van der Waals surface area contributed by atoms with Crippen molar-refractivity contribution >= 4 is 11.8 Å². The van der Waals surface area contributed by atoms with Crippen molar-refractivity contribution in [3.63, 3.8) is 0 Å². The van der Waals surface area contributed by atoms with Gasteiger partial charge in [-0.25, -0.2) is 4.68 Å². The van der Waals surface area contributed by atoms with Gasteiger partial charge in [-0.05, 0) is 46.3 Å². The van der Waals surface area contributed by atoms with Crippen LogP contribution in [-0.4, -0.2) is 32.0 Å². The number of tetrazole rings is 1. The van der Waals surface area contributed by atoms with Gasteiger partial charge in [-0.1, -0.05) is 18.2 Å². The van der Waals surface area contributed by atoms with E-state index in [0.717, 1.165) is 5.56 Å². The van der Waals surface area contributed by atoms with Crippen molar-refractivity contribution in [3.8, 4) is 5.69 Å². The van der Waals surface area contributed by atoms with Crippen molar-refractivity contribution in [2.75, 3.05) is 0 Å². The number of aromatic nitrogens is 4. The molecule has 0 aliphatic heterocycles. The highest BCUT2D eigenvalue weighted by Gasteiger charge is 2.08. The van der Waals surface area contributed by atoms with E-state index >= 15 is 0 Å². The van der Waals surface area contributed by atoms with Crippen molar-refractivity contribution in [2.24, 2.45) is 5.73 Å². The predicted molar refractivity (Wildman–Crippen MR) is 85.3 cm³/mol. The molecule has 3 aromatic rings. The molecule has 3 rings (SSSR count). The minimum Gasteiger partial charge on any atom is -0.366 e. The van der Waals surface area contributed by atoms with Gasteiger partial charge >= 0.3 is 0 Å². The normalized spacial score (nSPS) is 10.3. The molecule has 0 atom stereocenters. The van der Waals surface area contributed by atoms with Gasteiger partial charge in [0.2, 0.25) is 5.91 Å². The summed E-state index contributed by atoms with van der Waals surface area (Å²) in [4.78, 5) is 23.5. The van der Waals surface area contributed by atoms with Crippen molar-refractivity contribution in [1.29, 1.82) is 0 Å². The van der Waals surface area contributed by atoms with Crippen LogP contribution >= 0.6 is 0 Å². The van der Waals surface area contributed by atoms with Crippen molar-refractivity contribution < 1.29 is 9.59 Å². The van der Waals surface area contributed by atoms with Crippen LogP contribution in [0.25, 0.3) is 5.69 Å². The summed E-state index contributed by atoms with van der Waals surface area (Å²) in [5, 5.41) is 13.7. The van der Waals surface area contributed by atoms with Gasteiger partial charge in [0.25, 0.3) is 5.91 Å². The van der Waals surface area contributed by atoms with Gasteiger partial charge in [0.15, 0.2) is 0 Å². The number of carbonyl (C=O) groups excluding carboxylic acids is 2. The minimum atomic E-state index is -0.502. The molecular formula is C16H14N6O2. The molecule has 0 saturated carbocycles. The molecular weight excluding hydrogens is 308 g/mol. The summed E-state index contributed by atoms with van der Waals surface area (Å²) in [6.07, 6.45) is 1.45. The first-order valence-corrected chi connectivity index (χ1v) is 7.14. The molecule has 0 unspecified atom stereocenters. The first-order chi connectivity index (χ1) is 11.6. The number of hydrogen-bond donors (Lipinski definition) is 2. The molecule has 1 heterocycles. The van der Waals surface area contributed by atoms with Crippen LogP contribution in [0.4, 0.5) is 0 Å². The molecule has 24 heavy (non-hydrogen) atoms. The molecule has 8 nitrogen and oxygen atoms in total. The molecule has 8 heteroatoms. The maximum Gasteiger partial charge on any atom is 0.251 e. The average Bonchev–Trinajstić information content (AvgIpc) is 3.15. The van der Waals surface area contributed by atoms with Gasteiger partial charge in [-0.3, -0.25) is 9.59 Å². The summed E-state index contributed by atoms with van der Waals surface area (Å²) in [5.41, 5.74) is 7.61. The standard InChI is InChI=1S/C16H14N6O2/c17-15(23)12-4-1-3-11(7-12)9-18-16(24)13-5-2-6-14(8-13)22-10-19-20-21-22/h1-8,10H,9H2,(H2,17,23)(H,18,24). The molecule has 0 aliphatic rings. The number of amides is 2. The van der Waals surface area contributed by atoms with E-state index < -0.39 is 5.91 Å². The number of nitrogens with two attached hydrogens (primary N) is 1. The molecule has 0 spiro atoms. The van der Waals surface area contributed by atoms with E-state index in [1.807, 2.05) is 6.07 Å². The highest BCUT2D eigenvalue weighted by molar-refractivity contribution is 5.95. The van der Waals surface area contributed by atoms with Crippen LogP contribution in [0.1, 0.15) is 26.3 Å². The Morgan fingerprint density at radius 1 is 1.08 bits per heavy atom. The van der Waals surface area contributed by atoms with Gasteiger partial charge in [0.05, 0.1) is 5.69 Å². The zero-order valence-electron chi connectivity index (χ0n) is 12.6. The third kappa shape index (κ3) is 3.43. The predicted octanol–water partition coefficient (Wildman–Crippen LogP) is 0.691. The lowest BCUT2D eigenvalue weighted by molar-refractivity contribution is 0.0950. The van der Waals surface area contributed by atoms with Crippen LogP contribution < -0.4 is 11.1 Å². The monoisotopic (exact) mass is 322 g/mol. The van der Waals surface area contributed by atoms with E-state index in [1.165, 1.54) is 11.0 Å². The van der Waals surface area contributed by atoms with E-state index in [1.54, 1.807) is 42.5 Å². The summed E-state index contributed by atoms with van der Waals surface area (Å²) in [7, 11) is 0. The van der Waals surface area contributed by atoms with Gasteiger partial charge in [0, 0.05) is 17.7 Å². The zero-order valence-corrected chi connectivity index (χ0v) is 12.6. The Kier molecular flexibility index (Phi) is 4.28. The summed E-state index contributed by atoms with van der Waals surface area (Å²) >= 11 is 0. The smallest absolute Gasteiger partial charge is 0.251 e. The number of nitrogens with one attached hydrogen (secondary N) is 1. The van der Waals surface area contributed by atoms with Gasteiger partial charge in [-0.2, -0.15) is 0 Å². The number of primary amides is 1. The van der Waals surface area contributed by atoms with E-state index in [4.69, 9.17) is 5.73 Å². The highest BCUT2D eigenvalue weighted by atomic mass is 16.2. The van der Waals surface area contributed by atoms with Crippen LogP contribution in [0.2, 0.25) is 0 Å². The average molecular weight is 322 g/mol.